The maximum absolute atomic E-state index is 13.3. The number of urea groups is 1. The van der Waals surface area contributed by atoms with Crippen molar-refractivity contribution in [1.82, 2.24) is 25.7 Å². The first kappa shape index (κ1) is 21.5. The molecule has 3 N–H and O–H groups in total. The van der Waals surface area contributed by atoms with Crippen LogP contribution in [0.5, 0.6) is 0 Å². The summed E-state index contributed by atoms with van der Waals surface area (Å²) in [6.45, 7) is 5.98. The molecule has 4 amide bonds. The highest BCUT2D eigenvalue weighted by molar-refractivity contribution is 6.07. The molecule has 0 bridgehead atoms. The molecule has 2 aromatic rings. The van der Waals surface area contributed by atoms with Crippen molar-refractivity contribution in [2.24, 2.45) is 11.8 Å². The van der Waals surface area contributed by atoms with Crippen LogP contribution in [0, 0.1) is 11.8 Å². The highest BCUT2D eigenvalue weighted by atomic mass is 16.2. The first-order valence-electron chi connectivity index (χ1n) is 11.7. The SMILES string of the molecule is CC(CC1(C2CC2)NC(=O)NC1=O)C(=O)N1CCN(c2cccc(-c3cn[nH]c3)c2)[C@@H](C)C1. The summed E-state index contributed by atoms with van der Waals surface area (Å²) in [5.74, 6) is -0.469. The van der Waals surface area contributed by atoms with Crippen LogP contribution in [0.4, 0.5) is 10.5 Å². The van der Waals surface area contributed by atoms with Gasteiger partial charge in [0.05, 0.1) is 6.20 Å². The fraction of sp³-hybridized carbons (Fsp3) is 0.500. The van der Waals surface area contributed by atoms with Gasteiger partial charge in [0.25, 0.3) is 5.91 Å². The van der Waals surface area contributed by atoms with Gasteiger partial charge in [-0.3, -0.25) is 20.0 Å². The molecule has 2 unspecified atom stereocenters. The normalized spacial score (nSPS) is 26.2. The molecule has 1 saturated carbocycles. The van der Waals surface area contributed by atoms with Gasteiger partial charge >= 0.3 is 6.03 Å². The summed E-state index contributed by atoms with van der Waals surface area (Å²) in [7, 11) is 0. The number of aromatic amines is 1. The molecule has 9 nitrogen and oxygen atoms in total. The number of aromatic nitrogens is 2. The summed E-state index contributed by atoms with van der Waals surface area (Å²) in [4.78, 5) is 41.9. The van der Waals surface area contributed by atoms with Crippen LogP contribution in [0.3, 0.4) is 0 Å². The van der Waals surface area contributed by atoms with E-state index in [9.17, 15) is 14.4 Å². The molecule has 33 heavy (non-hydrogen) atoms. The van der Waals surface area contributed by atoms with Gasteiger partial charge in [0.1, 0.15) is 5.54 Å². The van der Waals surface area contributed by atoms with Crippen molar-refractivity contribution < 1.29 is 14.4 Å². The summed E-state index contributed by atoms with van der Waals surface area (Å²) >= 11 is 0. The maximum Gasteiger partial charge on any atom is 0.322 e. The summed E-state index contributed by atoms with van der Waals surface area (Å²) in [6.07, 6.45) is 5.84. The molecular weight excluding hydrogens is 420 g/mol. The largest absolute Gasteiger partial charge is 0.365 e. The van der Waals surface area contributed by atoms with Gasteiger partial charge in [0.15, 0.2) is 0 Å². The molecule has 1 aromatic heterocycles. The molecule has 3 aliphatic rings. The Labute approximate surface area is 192 Å². The van der Waals surface area contributed by atoms with Crippen molar-refractivity contribution in [1.29, 1.82) is 0 Å². The topological polar surface area (TPSA) is 110 Å². The van der Waals surface area contributed by atoms with Crippen LogP contribution in [0.15, 0.2) is 36.7 Å². The van der Waals surface area contributed by atoms with Gasteiger partial charge in [0.2, 0.25) is 5.91 Å². The number of nitrogens with zero attached hydrogens (tertiary/aromatic N) is 3. The average Bonchev–Trinajstić information content (AvgIpc) is 3.43. The number of anilines is 1. The first-order valence-corrected chi connectivity index (χ1v) is 11.7. The molecular formula is C24H30N6O3. The van der Waals surface area contributed by atoms with E-state index in [1.807, 2.05) is 30.3 Å². The predicted molar refractivity (Wildman–Crippen MR) is 123 cm³/mol. The van der Waals surface area contributed by atoms with E-state index in [-0.39, 0.29) is 29.7 Å². The second-order valence-electron chi connectivity index (χ2n) is 9.62. The number of hydrogen-bond donors (Lipinski definition) is 3. The van der Waals surface area contributed by atoms with Crippen LogP contribution in [0.25, 0.3) is 11.1 Å². The van der Waals surface area contributed by atoms with Crippen LogP contribution in [-0.2, 0) is 9.59 Å². The van der Waals surface area contributed by atoms with Crippen molar-refractivity contribution >= 4 is 23.5 Å². The predicted octanol–water partition coefficient (Wildman–Crippen LogP) is 2.13. The highest BCUT2D eigenvalue weighted by Crippen LogP contribution is 2.44. The van der Waals surface area contributed by atoms with E-state index in [0.29, 0.717) is 19.5 Å². The van der Waals surface area contributed by atoms with Gasteiger partial charge in [-0.25, -0.2) is 4.79 Å². The first-order chi connectivity index (χ1) is 15.9. The number of benzene rings is 1. The molecule has 174 valence electrons. The lowest BCUT2D eigenvalue weighted by atomic mass is 9.83. The average molecular weight is 451 g/mol. The van der Waals surface area contributed by atoms with Crippen LogP contribution in [0.1, 0.15) is 33.1 Å². The Bertz CT molecular complexity index is 1070. The van der Waals surface area contributed by atoms with E-state index >= 15 is 0 Å². The second kappa shape index (κ2) is 8.20. The number of carbonyl (C=O) groups excluding carboxylic acids is 3. The van der Waals surface area contributed by atoms with E-state index in [2.05, 4.69) is 50.9 Å². The van der Waals surface area contributed by atoms with Gasteiger partial charge in [-0.2, -0.15) is 5.10 Å². The molecule has 3 fully saturated rings. The third kappa shape index (κ3) is 3.96. The Kier molecular flexibility index (Phi) is 5.34. The number of nitrogens with one attached hydrogen (secondary N) is 3. The summed E-state index contributed by atoms with van der Waals surface area (Å²) in [5.41, 5.74) is 2.33. The zero-order chi connectivity index (χ0) is 23.2. The van der Waals surface area contributed by atoms with Crippen LogP contribution >= 0.6 is 0 Å². The number of imide groups is 1. The van der Waals surface area contributed by atoms with E-state index in [1.165, 1.54) is 0 Å². The quantitative estimate of drug-likeness (QED) is 0.584. The number of piperazine rings is 1. The van der Waals surface area contributed by atoms with Gasteiger partial charge in [-0.05, 0) is 49.8 Å². The Hall–Kier alpha value is -3.36. The van der Waals surface area contributed by atoms with Crippen molar-refractivity contribution in [3.05, 3.63) is 36.7 Å². The lowest BCUT2D eigenvalue weighted by molar-refractivity contribution is -0.137. The molecule has 2 aliphatic heterocycles. The molecule has 1 aliphatic carbocycles. The lowest BCUT2D eigenvalue weighted by Crippen LogP contribution is -2.56. The number of H-pyrrole nitrogens is 1. The molecule has 9 heteroatoms. The van der Waals surface area contributed by atoms with E-state index in [1.54, 1.807) is 0 Å². The molecule has 3 heterocycles. The number of carbonyl (C=O) groups is 3. The molecule has 1 aromatic carbocycles. The minimum absolute atomic E-state index is 0.0441. The number of amides is 4. The van der Waals surface area contributed by atoms with Crippen LogP contribution < -0.4 is 15.5 Å². The molecule has 0 spiro atoms. The second-order valence-corrected chi connectivity index (χ2v) is 9.62. The Morgan fingerprint density at radius 1 is 1.24 bits per heavy atom. The molecule has 5 rings (SSSR count). The fourth-order valence-electron chi connectivity index (χ4n) is 5.38. The van der Waals surface area contributed by atoms with Gasteiger partial charge < -0.3 is 15.1 Å². The smallest absolute Gasteiger partial charge is 0.322 e. The minimum atomic E-state index is -0.937. The number of hydrogen-bond acceptors (Lipinski definition) is 5. The third-order valence-corrected chi connectivity index (χ3v) is 7.24. The van der Waals surface area contributed by atoms with E-state index in [0.717, 1.165) is 36.2 Å². The van der Waals surface area contributed by atoms with Crippen LogP contribution in [0.2, 0.25) is 0 Å². The standard InChI is InChI=1S/C24H30N6O3/c1-15(11-24(19-6-7-19)22(32)27-23(33)28-24)21(31)29-8-9-30(16(2)14-29)20-5-3-4-17(10-20)18-12-25-26-13-18/h3-5,10,12-13,15-16,19H,6-9,11,14H2,1-2H3,(H,25,26)(H2,27,28,32,33)/t15?,16-,24?/m0/s1. The van der Waals surface area contributed by atoms with Gasteiger partial charge in [0, 0.05) is 49.0 Å². The van der Waals surface area contributed by atoms with Crippen molar-refractivity contribution in [2.45, 2.75) is 44.7 Å². The van der Waals surface area contributed by atoms with Gasteiger partial charge in [-0.15, -0.1) is 0 Å². The fourth-order valence-corrected chi connectivity index (χ4v) is 5.38. The van der Waals surface area contributed by atoms with Crippen molar-refractivity contribution in [3.63, 3.8) is 0 Å². The van der Waals surface area contributed by atoms with E-state index < -0.39 is 11.6 Å². The monoisotopic (exact) mass is 450 g/mol. The Morgan fingerprint density at radius 3 is 2.70 bits per heavy atom. The summed E-state index contributed by atoms with van der Waals surface area (Å²) in [6, 6.07) is 8.06. The zero-order valence-corrected chi connectivity index (χ0v) is 19.0. The van der Waals surface area contributed by atoms with Crippen molar-refractivity contribution in [2.75, 3.05) is 24.5 Å². The molecule has 3 atom stereocenters. The highest BCUT2D eigenvalue weighted by Gasteiger charge is 2.56. The molecule has 2 saturated heterocycles. The lowest BCUT2D eigenvalue weighted by Gasteiger charge is -2.42. The van der Waals surface area contributed by atoms with Crippen LogP contribution in [-0.4, -0.2) is 64.2 Å². The zero-order valence-electron chi connectivity index (χ0n) is 19.0. The van der Waals surface area contributed by atoms with Crippen molar-refractivity contribution in [3.8, 4) is 11.1 Å². The molecule has 0 radical (unpaired) electrons. The summed E-state index contributed by atoms with van der Waals surface area (Å²) < 4.78 is 0. The minimum Gasteiger partial charge on any atom is -0.365 e. The van der Waals surface area contributed by atoms with Gasteiger partial charge in [-0.1, -0.05) is 19.1 Å². The van der Waals surface area contributed by atoms with E-state index in [4.69, 9.17) is 0 Å². The number of rotatable bonds is 6. The summed E-state index contributed by atoms with van der Waals surface area (Å²) in [5, 5.41) is 12.1. The maximum atomic E-state index is 13.3. The Morgan fingerprint density at radius 2 is 2.06 bits per heavy atom. The third-order valence-electron chi connectivity index (χ3n) is 7.24. The Balaban J connectivity index is 1.25.